The Morgan fingerprint density at radius 2 is 2.14 bits per heavy atom. The molecular weight excluding hydrogens is 286 g/mol. The number of hydrogen-bond donors (Lipinski definition) is 1. The summed E-state index contributed by atoms with van der Waals surface area (Å²) in [6.07, 6.45) is 7.66. The highest BCUT2D eigenvalue weighted by atomic mass is 32.2. The van der Waals surface area contributed by atoms with Gasteiger partial charge >= 0.3 is 0 Å². The van der Waals surface area contributed by atoms with Gasteiger partial charge in [-0.2, -0.15) is 0 Å². The van der Waals surface area contributed by atoms with E-state index in [-0.39, 0.29) is 0 Å². The molecule has 1 N–H and O–H groups in total. The van der Waals surface area contributed by atoms with Gasteiger partial charge in [0.15, 0.2) is 0 Å². The molecule has 0 heterocycles. The van der Waals surface area contributed by atoms with E-state index in [1.807, 2.05) is 11.8 Å². The fourth-order valence-corrected chi connectivity index (χ4v) is 4.18. The summed E-state index contributed by atoms with van der Waals surface area (Å²) in [5.41, 5.74) is 5.66. The Hall–Kier alpha value is -1.69. The van der Waals surface area contributed by atoms with Crippen molar-refractivity contribution in [2.45, 2.75) is 36.5 Å². The molecule has 2 heteroatoms. The Bertz CT molecular complexity index is 699. The first kappa shape index (κ1) is 15.2. The first-order valence-electron chi connectivity index (χ1n) is 7.75. The van der Waals surface area contributed by atoms with E-state index in [0.717, 1.165) is 18.6 Å². The summed E-state index contributed by atoms with van der Waals surface area (Å²) in [6.45, 7) is 2.79. The largest absolute Gasteiger partial charge is 0.299 e. The topological polar surface area (TPSA) is 12.0 Å². The molecule has 2 aromatic rings. The van der Waals surface area contributed by atoms with E-state index >= 15 is 0 Å². The zero-order valence-corrected chi connectivity index (χ0v) is 13.7. The Morgan fingerprint density at radius 3 is 2.95 bits per heavy atom. The van der Waals surface area contributed by atoms with Crippen LogP contribution in [0.4, 0.5) is 0 Å². The number of terminal acetylenes is 1. The van der Waals surface area contributed by atoms with Crippen LogP contribution >= 0.6 is 11.8 Å². The molecule has 0 bridgehead atoms. The van der Waals surface area contributed by atoms with Crippen molar-refractivity contribution in [3.63, 3.8) is 0 Å². The first-order valence-corrected chi connectivity index (χ1v) is 8.73. The minimum Gasteiger partial charge on any atom is -0.299 e. The summed E-state index contributed by atoms with van der Waals surface area (Å²) in [4.78, 5) is 1.42. The number of fused-ring (bicyclic) bond motifs is 1. The Labute approximate surface area is 137 Å². The summed E-state index contributed by atoms with van der Waals surface area (Å²) in [5, 5.41) is 3.45. The molecule has 1 unspecified atom stereocenters. The van der Waals surface area contributed by atoms with Crippen molar-refractivity contribution in [1.82, 2.24) is 5.32 Å². The molecule has 0 saturated heterocycles. The molecule has 22 heavy (non-hydrogen) atoms. The van der Waals surface area contributed by atoms with Gasteiger partial charge in [-0.25, -0.2) is 0 Å². The van der Waals surface area contributed by atoms with Crippen LogP contribution in [0.15, 0.2) is 47.4 Å². The third kappa shape index (κ3) is 3.38. The summed E-state index contributed by atoms with van der Waals surface area (Å²) < 4.78 is 0. The lowest BCUT2D eigenvalue weighted by Crippen LogP contribution is -2.19. The fourth-order valence-electron chi connectivity index (χ4n) is 3.11. The molecule has 0 saturated carbocycles. The number of hydrogen-bond acceptors (Lipinski definition) is 2. The van der Waals surface area contributed by atoms with Crippen LogP contribution in [0.25, 0.3) is 0 Å². The van der Waals surface area contributed by atoms with Crippen LogP contribution in [0.1, 0.15) is 34.7 Å². The third-order valence-corrected chi connectivity index (χ3v) is 5.33. The Balaban J connectivity index is 1.73. The number of thioether (sulfide) groups is 1. The lowest BCUT2D eigenvalue weighted by atomic mass is 10.1. The summed E-state index contributed by atoms with van der Waals surface area (Å²) in [6, 6.07) is 15.9. The predicted octanol–water partition coefficient (Wildman–Crippen LogP) is 4.50. The first-order chi connectivity index (χ1) is 10.8. The van der Waals surface area contributed by atoms with Gasteiger partial charge in [0.05, 0.1) is 6.54 Å². The molecule has 0 aliphatic heterocycles. The zero-order chi connectivity index (χ0) is 15.4. The molecule has 1 aliphatic rings. The van der Waals surface area contributed by atoms with Crippen molar-refractivity contribution in [1.29, 1.82) is 0 Å². The quantitative estimate of drug-likeness (QED) is 0.645. The van der Waals surface area contributed by atoms with Crippen molar-refractivity contribution in [3.05, 3.63) is 64.7 Å². The van der Waals surface area contributed by atoms with Gasteiger partial charge in [-0.15, -0.1) is 18.2 Å². The van der Waals surface area contributed by atoms with Gasteiger partial charge in [0, 0.05) is 16.7 Å². The molecule has 0 aromatic heterocycles. The predicted molar refractivity (Wildman–Crippen MR) is 95.1 cm³/mol. The normalized spacial score (nSPS) is 16.3. The highest BCUT2D eigenvalue weighted by molar-refractivity contribution is 7.98. The van der Waals surface area contributed by atoms with Gasteiger partial charge in [0.2, 0.25) is 0 Å². The molecule has 1 aliphatic carbocycles. The molecule has 0 spiro atoms. The molecule has 0 amide bonds. The second kappa shape index (κ2) is 7.05. The van der Waals surface area contributed by atoms with E-state index in [2.05, 4.69) is 60.6 Å². The summed E-state index contributed by atoms with van der Waals surface area (Å²) in [7, 11) is 0. The van der Waals surface area contributed by atoms with E-state index in [9.17, 15) is 0 Å². The zero-order valence-electron chi connectivity index (χ0n) is 12.9. The minimum absolute atomic E-state index is 0.422. The third-order valence-electron chi connectivity index (χ3n) is 4.16. The molecule has 0 radical (unpaired) electrons. The van der Waals surface area contributed by atoms with Gasteiger partial charge in [-0.3, -0.25) is 5.32 Å². The van der Waals surface area contributed by atoms with Crippen LogP contribution in [-0.4, -0.2) is 6.54 Å². The monoisotopic (exact) mass is 307 g/mol. The highest BCUT2D eigenvalue weighted by Gasteiger charge is 2.23. The van der Waals surface area contributed by atoms with Gasteiger partial charge < -0.3 is 0 Å². The molecule has 112 valence electrons. The van der Waals surface area contributed by atoms with Crippen molar-refractivity contribution in [2.24, 2.45) is 0 Å². The van der Waals surface area contributed by atoms with Crippen molar-refractivity contribution >= 4 is 11.8 Å². The number of rotatable bonds is 5. The second-order valence-corrected chi connectivity index (χ2v) is 6.80. The van der Waals surface area contributed by atoms with E-state index in [4.69, 9.17) is 6.42 Å². The molecule has 1 nitrogen and oxygen atoms in total. The average Bonchev–Trinajstić information content (AvgIpc) is 2.95. The van der Waals surface area contributed by atoms with Crippen LogP contribution in [0.5, 0.6) is 0 Å². The van der Waals surface area contributed by atoms with E-state index in [0.29, 0.717) is 12.6 Å². The number of benzene rings is 2. The van der Waals surface area contributed by atoms with Crippen molar-refractivity contribution in [2.75, 3.05) is 6.54 Å². The molecule has 1 atom stereocenters. The lowest BCUT2D eigenvalue weighted by Gasteiger charge is -2.13. The van der Waals surface area contributed by atoms with Gasteiger partial charge in [0.1, 0.15) is 0 Å². The maximum absolute atomic E-state index is 5.36. The fraction of sp³-hybridized carbons (Fsp3) is 0.300. The van der Waals surface area contributed by atoms with Crippen LogP contribution in [0, 0.1) is 19.3 Å². The Morgan fingerprint density at radius 1 is 1.27 bits per heavy atom. The van der Waals surface area contributed by atoms with E-state index < -0.39 is 0 Å². The van der Waals surface area contributed by atoms with Crippen LogP contribution in [0.2, 0.25) is 0 Å². The number of aryl methyl sites for hydroxylation is 1. The maximum atomic E-state index is 5.36. The van der Waals surface area contributed by atoms with E-state index in [1.165, 1.54) is 27.1 Å². The average molecular weight is 307 g/mol. The van der Waals surface area contributed by atoms with Crippen LogP contribution in [-0.2, 0) is 12.2 Å². The molecule has 2 aromatic carbocycles. The summed E-state index contributed by atoms with van der Waals surface area (Å²) >= 11 is 1.95. The minimum atomic E-state index is 0.422. The van der Waals surface area contributed by atoms with Crippen LogP contribution < -0.4 is 5.32 Å². The van der Waals surface area contributed by atoms with E-state index in [1.54, 1.807) is 0 Å². The lowest BCUT2D eigenvalue weighted by molar-refractivity contribution is 0.568. The molecule has 0 fully saturated rings. The standard InChI is InChI=1S/C20H21NS/c1-3-12-21-19-11-10-18-17(19)8-5-9-20(18)22-14-16-7-4-6-15(2)13-16/h1,4-9,13,19,21H,10-12,14H2,2H3. The molecule has 3 rings (SSSR count). The van der Waals surface area contributed by atoms with Crippen LogP contribution in [0.3, 0.4) is 0 Å². The van der Waals surface area contributed by atoms with Crippen molar-refractivity contribution in [3.8, 4) is 12.3 Å². The highest BCUT2D eigenvalue weighted by Crippen LogP contribution is 2.38. The second-order valence-electron chi connectivity index (χ2n) is 5.78. The summed E-state index contributed by atoms with van der Waals surface area (Å²) in [5.74, 6) is 3.70. The van der Waals surface area contributed by atoms with Gasteiger partial charge in [0.25, 0.3) is 0 Å². The Kier molecular flexibility index (Phi) is 4.87. The maximum Gasteiger partial charge on any atom is 0.0578 e. The van der Waals surface area contributed by atoms with Gasteiger partial charge in [-0.1, -0.05) is 47.9 Å². The smallest absolute Gasteiger partial charge is 0.0578 e. The number of nitrogens with one attached hydrogen (secondary N) is 1. The van der Waals surface area contributed by atoms with Gasteiger partial charge in [-0.05, 0) is 42.5 Å². The van der Waals surface area contributed by atoms with Crippen molar-refractivity contribution < 1.29 is 0 Å². The molecular formula is C20H21NS. The SMILES string of the molecule is C#CCNC1CCc2c(SCc3cccc(C)c3)cccc21.